The molecule has 25 heavy (non-hydrogen) atoms. The molecule has 0 unspecified atom stereocenters. The highest BCUT2D eigenvalue weighted by atomic mass is 16.2. The molecule has 2 rings (SSSR count). The van der Waals surface area contributed by atoms with Crippen molar-refractivity contribution < 1.29 is 14.4 Å². The molecule has 0 radical (unpaired) electrons. The minimum atomic E-state index is -0.241. The van der Waals surface area contributed by atoms with Gasteiger partial charge in [0.15, 0.2) is 0 Å². The number of carbonyl (C=O) groups is 3. The van der Waals surface area contributed by atoms with Crippen LogP contribution in [0.3, 0.4) is 0 Å². The van der Waals surface area contributed by atoms with E-state index in [-0.39, 0.29) is 30.4 Å². The number of likely N-dealkylation sites (tertiary alicyclic amines) is 1. The van der Waals surface area contributed by atoms with Crippen LogP contribution in [-0.4, -0.2) is 55.0 Å². The molecular formula is C18H26N4O3. The van der Waals surface area contributed by atoms with Crippen molar-refractivity contribution in [2.45, 2.75) is 32.7 Å². The fraction of sp³-hybridized carbons (Fsp3) is 0.500. The van der Waals surface area contributed by atoms with E-state index >= 15 is 0 Å². The van der Waals surface area contributed by atoms with E-state index in [1.165, 1.54) is 0 Å². The SMILES string of the molecule is CCNC(=O)CNC(=O)N1CCC(NC(=O)c2ccccc2C)CC1. The van der Waals surface area contributed by atoms with Crippen LogP contribution in [0.15, 0.2) is 24.3 Å². The highest BCUT2D eigenvalue weighted by Crippen LogP contribution is 2.13. The highest BCUT2D eigenvalue weighted by Gasteiger charge is 2.24. The average Bonchev–Trinajstić information content (AvgIpc) is 2.61. The summed E-state index contributed by atoms with van der Waals surface area (Å²) in [5.74, 6) is -0.270. The Morgan fingerprint density at radius 1 is 1.12 bits per heavy atom. The highest BCUT2D eigenvalue weighted by molar-refractivity contribution is 5.95. The average molecular weight is 346 g/mol. The normalized spacial score (nSPS) is 14.7. The van der Waals surface area contributed by atoms with Gasteiger partial charge in [-0.15, -0.1) is 0 Å². The minimum Gasteiger partial charge on any atom is -0.355 e. The van der Waals surface area contributed by atoms with Crippen LogP contribution < -0.4 is 16.0 Å². The molecule has 0 aliphatic carbocycles. The first kappa shape index (κ1) is 18.8. The zero-order valence-corrected chi connectivity index (χ0v) is 14.8. The van der Waals surface area contributed by atoms with Crippen molar-refractivity contribution in [2.24, 2.45) is 0 Å². The lowest BCUT2D eigenvalue weighted by molar-refractivity contribution is -0.120. The Morgan fingerprint density at radius 3 is 2.44 bits per heavy atom. The molecule has 1 heterocycles. The van der Waals surface area contributed by atoms with E-state index in [0.717, 1.165) is 5.56 Å². The van der Waals surface area contributed by atoms with E-state index in [0.29, 0.717) is 38.0 Å². The van der Waals surface area contributed by atoms with Crippen LogP contribution in [-0.2, 0) is 4.79 Å². The van der Waals surface area contributed by atoms with Gasteiger partial charge in [-0.25, -0.2) is 4.79 Å². The van der Waals surface area contributed by atoms with Crippen molar-refractivity contribution in [3.05, 3.63) is 35.4 Å². The van der Waals surface area contributed by atoms with Gasteiger partial charge in [-0.2, -0.15) is 0 Å². The number of nitrogens with one attached hydrogen (secondary N) is 3. The van der Waals surface area contributed by atoms with Gasteiger partial charge >= 0.3 is 6.03 Å². The summed E-state index contributed by atoms with van der Waals surface area (Å²) < 4.78 is 0. The quantitative estimate of drug-likeness (QED) is 0.744. The Kier molecular flexibility index (Phi) is 6.80. The van der Waals surface area contributed by atoms with E-state index in [9.17, 15) is 14.4 Å². The van der Waals surface area contributed by atoms with Crippen LogP contribution in [0, 0.1) is 6.92 Å². The molecule has 1 aromatic rings. The molecule has 1 aromatic carbocycles. The number of urea groups is 1. The Labute approximate surface area is 148 Å². The molecule has 4 amide bonds. The largest absolute Gasteiger partial charge is 0.355 e. The maximum Gasteiger partial charge on any atom is 0.317 e. The number of hydrogen-bond acceptors (Lipinski definition) is 3. The smallest absolute Gasteiger partial charge is 0.317 e. The summed E-state index contributed by atoms with van der Waals surface area (Å²) in [5.41, 5.74) is 1.63. The van der Waals surface area contributed by atoms with Gasteiger partial charge in [-0.05, 0) is 38.3 Å². The number of likely N-dealkylation sites (N-methyl/N-ethyl adjacent to an activating group) is 1. The first-order valence-corrected chi connectivity index (χ1v) is 8.67. The zero-order chi connectivity index (χ0) is 18.2. The standard InChI is InChI=1S/C18H26N4O3/c1-3-19-16(23)12-20-18(25)22-10-8-14(9-11-22)21-17(24)15-7-5-4-6-13(15)2/h4-7,14H,3,8-12H2,1-2H3,(H,19,23)(H,20,25)(H,21,24). The van der Waals surface area contributed by atoms with Crippen LogP contribution in [0.1, 0.15) is 35.7 Å². The minimum absolute atomic E-state index is 0.0172. The maximum absolute atomic E-state index is 12.3. The number of amides is 4. The third kappa shape index (κ3) is 5.48. The van der Waals surface area contributed by atoms with Crippen molar-refractivity contribution >= 4 is 17.8 Å². The van der Waals surface area contributed by atoms with Gasteiger partial charge in [0, 0.05) is 31.2 Å². The molecule has 1 saturated heterocycles. The maximum atomic E-state index is 12.3. The predicted molar refractivity (Wildman–Crippen MR) is 95.3 cm³/mol. The first-order valence-electron chi connectivity index (χ1n) is 8.67. The second-order valence-corrected chi connectivity index (χ2v) is 6.16. The zero-order valence-electron chi connectivity index (χ0n) is 14.8. The van der Waals surface area contributed by atoms with Crippen molar-refractivity contribution in [2.75, 3.05) is 26.2 Å². The number of nitrogens with zero attached hydrogens (tertiary/aromatic N) is 1. The lowest BCUT2D eigenvalue weighted by atomic mass is 10.0. The third-order valence-electron chi connectivity index (χ3n) is 4.28. The summed E-state index contributed by atoms with van der Waals surface area (Å²) in [4.78, 5) is 37.4. The summed E-state index contributed by atoms with van der Waals surface area (Å²) in [6.45, 7) is 5.38. The summed E-state index contributed by atoms with van der Waals surface area (Å²) in [7, 11) is 0. The topological polar surface area (TPSA) is 90.5 Å². The predicted octanol–water partition coefficient (Wildman–Crippen LogP) is 1.03. The number of rotatable bonds is 5. The molecule has 1 aliphatic rings. The lowest BCUT2D eigenvalue weighted by Crippen LogP contribution is -2.50. The van der Waals surface area contributed by atoms with Crippen molar-refractivity contribution in [1.82, 2.24) is 20.9 Å². The number of piperidine rings is 1. The van der Waals surface area contributed by atoms with Crippen LogP contribution >= 0.6 is 0 Å². The molecule has 3 N–H and O–H groups in total. The van der Waals surface area contributed by atoms with Crippen molar-refractivity contribution in [3.8, 4) is 0 Å². The van der Waals surface area contributed by atoms with E-state index in [2.05, 4.69) is 16.0 Å². The van der Waals surface area contributed by atoms with Gasteiger partial charge in [-0.1, -0.05) is 18.2 Å². The number of carbonyl (C=O) groups excluding carboxylic acids is 3. The second-order valence-electron chi connectivity index (χ2n) is 6.16. The molecule has 136 valence electrons. The van der Waals surface area contributed by atoms with Crippen LogP contribution in [0.5, 0.6) is 0 Å². The second kappa shape index (κ2) is 9.05. The Morgan fingerprint density at radius 2 is 1.80 bits per heavy atom. The molecule has 0 aromatic heterocycles. The molecular weight excluding hydrogens is 320 g/mol. The Bertz CT molecular complexity index is 625. The Hall–Kier alpha value is -2.57. The molecule has 1 fully saturated rings. The van der Waals surface area contributed by atoms with E-state index in [1.54, 1.807) is 4.90 Å². The molecule has 0 bridgehead atoms. The van der Waals surface area contributed by atoms with Gasteiger partial charge in [0.2, 0.25) is 5.91 Å². The van der Waals surface area contributed by atoms with Gasteiger partial charge in [0.1, 0.15) is 0 Å². The van der Waals surface area contributed by atoms with Gasteiger partial charge in [0.25, 0.3) is 5.91 Å². The van der Waals surface area contributed by atoms with Crippen molar-refractivity contribution in [3.63, 3.8) is 0 Å². The molecule has 7 nitrogen and oxygen atoms in total. The third-order valence-corrected chi connectivity index (χ3v) is 4.28. The molecule has 7 heteroatoms. The van der Waals surface area contributed by atoms with Gasteiger partial charge in [-0.3, -0.25) is 9.59 Å². The molecule has 0 atom stereocenters. The number of hydrogen-bond donors (Lipinski definition) is 3. The lowest BCUT2D eigenvalue weighted by Gasteiger charge is -2.32. The summed E-state index contributed by atoms with van der Waals surface area (Å²) in [6, 6.07) is 7.30. The van der Waals surface area contributed by atoms with Crippen LogP contribution in [0.2, 0.25) is 0 Å². The molecule has 1 aliphatic heterocycles. The fourth-order valence-corrected chi connectivity index (χ4v) is 2.85. The van der Waals surface area contributed by atoms with Crippen LogP contribution in [0.4, 0.5) is 4.79 Å². The van der Waals surface area contributed by atoms with E-state index < -0.39 is 0 Å². The van der Waals surface area contributed by atoms with Crippen molar-refractivity contribution in [1.29, 1.82) is 0 Å². The molecule has 0 saturated carbocycles. The Balaban J connectivity index is 1.76. The first-order chi connectivity index (χ1) is 12.0. The molecule has 0 spiro atoms. The summed E-state index contributed by atoms with van der Waals surface area (Å²) in [5, 5.41) is 8.29. The summed E-state index contributed by atoms with van der Waals surface area (Å²) in [6.07, 6.45) is 1.40. The number of benzene rings is 1. The monoisotopic (exact) mass is 346 g/mol. The van der Waals surface area contributed by atoms with Gasteiger partial charge in [0.05, 0.1) is 6.54 Å². The fourth-order valence-electron chi connectivity index (χ4n) is 2.85. The van der Waals surface area contributed by atoms with E-state index in [4.69, 9.17) is 0 Å². The van der Waals surface area contributed by atoms with E-state index in [1.807, 2.05) is 38.1 Å². The summed E-state index contributed by atoms with van der Waals surface area (Å²) >= 11 is 0. The number of aryl methyl sites for hydroxylation is 1. The van der Waals surface area contributed by atoms with Gasteiger partial charge < -0.3 is 20.9 Å². The van der Waals surface area contributed by atoms with Crippen LogP contribution in [0.25, 0.3) is 0 Å².